The Kier molecular flexibility index (Phi) is 7.06. The van der Waals surface area contributed by atoms with Crippen LogP contribution in [0.4, 0.5) is 0 Å². The first-order valence-corrected chi connectivity index (χ1v) is 7.25. The molecule has 2 heteroatoms. The minimum absolute atomic E-state index is 0.746. The number of nitrogens with one attached hydrogen (secondary N) is 1. The molecule has 0 spiro atoms. The van der Waals surface area contributed by atoms with E-state index >= 15 is 0 Å². The highest BCUT2D eigenvalue weighted by molar-refractivity contribution is 4.73. The van der Waals surface area contributed by atoms with Crippen molar-refractivity contribution in [1.82, 2.24) is 10.2 Å². The molecule has 96 valence electrons. The molecule has 0 bridgehead atoms. The predicted molar refractivity (Wildman–Crippen MR) is 71.8 cm³/mol. The Labute approximate surface area is 102 Å². The van der Waals surface area contributed by atoms with Gasteiger partial charge in [-0.25, -0.2) is 0 Å². The molecule has 2 nitrogen and oxygen atoms in total. The standard InChI is InChI=1S/C14H30N2/c1-4-14(5-2)15-10-7-13-8-11-16(6-3)12-9-13/h13-15H,4-12H2,1-3H3. The second kappa shape index (κ2) is 8.08. The highest BCUT2D eigenvalue weighted by Crippen LogP contribution is 2.19. The summed E-state index contributed by atoms with van der Waals surface area (Å²) in [5.74, 6) is 0.977. The summed E-state index contributed by atoms with van der Waals surface area (Å²) in [6.45, 7) is 11.9. The summed E-state index contributed by atoms with van der Waals surface area (Å²) in [5.41, 5.74) is 0. The van der Waals surface area contributed by atoms with Crippen molar-refractivity contribution in [3.8, 4) is 0 Å². The third-order valence-electron chi connectivity index (χ3n) is 4.13. The summed E-state index contributed by atoms with van der Waals surface area (Å²) in [6.07, 6.45) is 6.75. The Morgan fingerprint density at radius 1 is 1.12 bits per heavy atom. The average Bonchev–Trinajstić information content (AvgIpc) is 2.35. The molecule has 16 heavy (non-hydrogen) atoms. The van der Waals surface area contributed by atoms with Crippen molar-refractivity contribution in [2.75, 3.05) is 26.2 Å². The molecule has 0 aromatic rings. The molecule has 1 fully saturated rings. The van der Waals surface area contributed by atoms with E-state index in [1.165, 1.54) is 58.3 Å². The topological polar surface area (TPSA) is 15.3 Å². The Morgan fingerprint density at radius 3 is 2.25 bits per heavy atom. The fraction of sp³-hybridized carbons (Fsp3) is 1.00. The summed E-state index contributed by atoms with van der Waals surface area (Å²) >= 11 is 0. The summed E-state index contributed by atoms with van der Waals surface area (Å²) in [6, 6.07) is 0.746. The van der Waals surface area contributed by atoms with Gasteiger partial charge in [-0.3, -0.25) is 0 Å². The average molecular weight is 226 g/mol. The van der Waals surface area contributed by atoms with Crippen molar-refractivity contribution in [2.45, 2.75) is 58.9 Å². The first-order valence-electron chi connectivity index (χ1n) is 7.25. The molecular weight excluding hydrogens is 196 g/mol. The summed E-state index contributed by atoms with van der Waals surface area (Å²) in [7, 11) is 0. The molecule has 1 saturated heterocycles. The van der Waals surface area contributed by atoms with E-state index in [0.717, 1.165) is 12.0 Å². The van der Waals surface area contributed by atoms with Gasteiger partial charge in [0.15, 0.2) is 0 Å². The highest BCUT2D eigenvalue weighted by atomic mass is 15.1. The molecule has 0 atom stereocenters. The SMILES string of the molecule is CCC(CC)NCCC1CCN(CC)CC1. The number of hydrogen-bond donors (Lipinski definition) is 1. The van der Waals surface area contributed by atoms with Crippen LogP contribution in [-0.4, -0.2) is 37.1 Å². The van der Waals surface area contributed by atoms with Crippen LogP contribution in [0.15, 0.2) is 0 Å². The summed E-state index contributed by atoms with van der Waals surface area (Å²) < 4.78 is 0. The molecule has 0 aliphatic carbocycles. The number of nitrogens with zero attached hydrogens (tertiary/aromatic N) is 1. The molecule has 0 aromatic heterocycles. The zero-order chi connectivity index (χ0) is 11.8. The third kappa shape index (κ3) is 4.84. The minimum Gasteiger partial charge on any atom is -0.314 e. The highest BCUT2D eigenvalue weighted by Gasteiger charge is 2.17. The summed E-state index contributed by atoms with van der Waals surface area (Å²) in [4.78, 5) is 2.57. The lowest BCUT2D eigenvalue weighted by atomic mass is 9.93. The van der Waals surface area contributed by atoms with Crippen molar-refractivity contribution in [1.29, 1.82) is 0 Å². The normalized spacial score (nSPS) is 19.5. The predicted octanol–water partition coefficient (Wildman–Crippen LogP) is 2.89. The number of piperidine rings is 1. The quantitative estimate of drug-likeness (QED) is 0.718. The van der Waals surface area contributed by atoms with Gasteiger partial charge in [0.1, 0.15) is 0 Å². The van der Waals surface area contributed by atoms with Crippen molar-refractivity contribution >= 4 is 0 Å². The van der Waals surface area contributed by atoms with Gasteiger partial charge in [-0.1, -0.05) is 20.8 Å². The number of hydrogen-bond acceptors (Lipinski definition) is 2. The van der Waals surface area contributed by atoms with E-state index in [1.54, 1.807) is 0 Å². The molecule has 0 aromatic carbocycles. The van der Waals surface area contributed by atoms with Gasteiger partial charge in [0.05, 0.1) is 0 Å². The second-order valence-corrected chi connectivity index (χ2v) is 5.13. The van der Waals surface area contributed by atoms with E-state index in [4.69, 9.17) is 0 Å². The maximum absolute atomic E-state index is 3.68. The molecule has 0 radical (unpaired) electrons. The van der Waals surface area contributed by atoms with Gasteiger partial charge in [-0.2, -0.15) is 0 Å². The Balaban J connectivity index is 2.06. The molecule has 0 amide bonds. The first kappa shape index (κ1) is 14.0. The Morgan fingerprint density at radius 2 is 1.75 bits per heavy atom. The van der Waals surface area contributed by atoms with Gasteiger partial charge in [-0.15, -0.1) is 0 Å². The third-order valence-corrected chi connectivity index (χ3v) is 4.13. The smallest absolute Gasteiger partial charge is 0.00618 e. The van der Waals surface area contributed by atoms with Crippen LogP contribution in [0.3, 0.4) is 0 Å². The van der Waals surface area contributed by atoms with E-state index in [1.807, 2.05) is 0 Å². The Hall–Kier alpha value is -0.0800. The van der Waals surface area contributed by atoms with Crippen LogP contribution in [0.2, 0.25) is 0 Å². The first-order chi connectivity index (χ1) is 7.80. The lowest BCUT2D eigenvalue weighted by Gasteiger charge is -2.31. The lowest BCUT2D eigenvalue weighted by molar-refractivity contribution is 0.185. The van der Waals surface area contributed by atoms with Gasteiger partial charge in [0.2, 0.25) is 0 Å². The molecule has 1 N–H and O–H groups in total. The van der Waals surface area contributed by atoms with Crippen LogP contribution in [0.5, 0.6) is 0 Å². The molecular formula is C14H30N2. The molecule has 1 aliphatic heterocycles. The lowest BCUT2D eigenvalue weighted by Crippen LogP contribution is -2.35. The van der Waals surface area contributed by atoms with Crippen LogP contribution < -0.4 is 5.32 Å². The largest absolute Gasteiger partial charge is 0.314 e. The van der Waals surface area contributed by atoms with Crippen LogP contribution in [0.25, 0.3) is 0 Å². The van der Waals surface area contributed by atoms with Crippen LogP contribution in [0, 0.1) is 5.92 Å². The van der Waals surface area contributed by atoms with Gasteiger partial charge < -0.3 is 10.2 Å². The van der Waals surface area contributed by atoms with Crippen LogP contribution >= 0.6 is 0 Å². The fourth-order valence-electron chi connectivity index (χ4n) is 2.66. The number of rotatable bonds is 7. The Bertz CT molecular complexity index is 158. The van der Waals surface area contributed by atoms with Crippen molar-refractivity contribution in [2.24, 2.45) is 5.92 Å². The van der Waals surface area contributed by atoms with E-state index in [2.05, 4.69) is 31.0 Å². The number of likely N-dealkylation sites (tertiary alicyclic amines) is 1. The van der Waals surface area contributed by atoms with Crippen molar-refractivity contribution < 1.29 is 0 Å². The van der Waals surface area contributed by atoms with Crippen molar-refractivity contribution in [3.63, 3.8) is 0 Å². The molecule has 1 rings (SSSR count). The fourth-order valence-corrected chi connectivity index (χ4v) is 2.66. The van der Waals surface area contributed by atoms with Crippen molar-refractivity contribution in [3.05, 3.63) is 0 Å². The maximum atomic E-state index is 3.68. The second-order valence-electron chi connectivity index (χ2n) is 5.13. The van der Waals surface area contributed by atoms with Gasteiger partial charge in [0, 0.05) is 6.04 Å². The van der Waals surface area contributed by atoms with E-state index < -0.39 is 0 Å². The molecule has 1 heterocycles. The van der Waals surface area contributed by atoms with E-state index in [0.29, 0.717) is 0 Å². The molecule has 0 unspecified atom stereocenters. The zero-order valence-corrected chi connectivity index (χ0v) is 11.5. The summed E-state index contributed by atoms with van der Waals surface area (Å²) in [5, 5.41) is 3.68. The van der Waals surface area contributed by atoms with Gasteiger partial charge >= 0.3 is 0 Å². The van der Waals surface area contributed by atoms with Gasteiger partial charge in [-0.05, 0) is 64.2 Å². The minimum atomic E-state index is 0.746. The van der Waals surface area contributed by atoms with Gasteiger partial charge in [0.25, 0.3) is 0 Å². The maximum Gasteiger partial charge on any atom is 0.00618 e. The molecule has 1 aliphatic rings. The zero-order valence-electron chi connectivity index (χ0n) is 11.5. The molecule has 0 saturated carbocycles. The van der Waals surface area contributed by atoms with Crippen LogP contribution in [0.1, 0.15) is 52.9 Å². The van der Waals surface area contributed by atoms with E-state index in [9.17, 15) is 0 Å². The monoisotopic (exact) mass is 226 g/mol. The van der Waals surface area contributed by atoms with E-state index in [-0.39, 0.29) is 0 Å². The van der Waals surface area contributed by atoms with Crippen LogP contribution in [-0.2, 0) is 0 Å².